The summed E-state index contributed by atoms with van der Waals surface area (Å²) < 4.78 is 21.1. The lowest BCUT2D eigenvalue weighted by Gasteiger charge is -2.08. The predicted molar refractivity (Wildman–Crippen MR) is 111 cm³/mol. The maximum Gasteiger partial charge on any atom is 0.263 e. The number of carbonyl (C=O) groups excluding carboxylic acids is 1. The van der Waals surface area contributed by atoms with Gasteiger partial charge in [0.05, 0.1) is 15.9 Å². The number of nitrogens with one attached hydrogen (secondary N) is 1. The molecule has 2 aromatic heterocycles. The molecule has 2 heterocycles. The van der Waals surface area contributed by atoms with Gasteiger partial charge >= 0.3 is 0 Å². The lowest BCUT2D eigenvalue weighted by Crippen LogP contribution is -2.21. The highest BCUT2D eigenvalue weighted by Gasteiger charge is 2.16. The summed E-state index contributed by atoms with van der Waals surface area (Å²) in [5, 5.41) is 7.96. The maximum absolute atomic E-state index is 13.0. The first-order chi connectivity index (χ1) is 13.9. The summed E-state index contributed by atoms with van der Waals surface area (Å²) in [6.07, 6.45) is 0. The zero-order valence-corrected chi connectivity index (χ0v) is 17.0. The van der Waals surface area contributed by atoms with Crippen LogP contribution in [-0.4, -0.2) is 27.3 Å². The molecule has 4 aromatic rings. The minimum Gasteiger partial charge on any atom is -0.484 e. The standard InChI is InChI=1S/C21H19FN4O2S/c1-12-8-13(2)20-17(9-12)29-21(24-20)26-18(10-14(3)25-26)23-19(27)11-28-16-6-4-15(22)5-7-16/h4-10H,11H2,1-3H3,(H,23,27). The van der Waals surface area contributed by atoms with Crippen molar-refractivity contribution in [1.82, 2.24) is 14.8 Å². The fraction of sp³-hybridized carbons (Fsp3) is 0.190. The van der Waals surface area contributed by atoms with Gasteiger partial charge in [-0.25, -0.2) is 9.37 Å². The molecule has 1 amide bonds. The van der Waals surface area contributed by atoms with Crippen LogP contribution in [0.5, 0.6) is 5.75 Å². The molecule has 0 bridgehead atoms. The Labute approximate surface area is 171 Å². The Kier molecular flexibility index (Phi) is 5.02. The highest BCUT2D eigenvalue weighted by molar-refractivity contribution is 7.20. The first-order valence-electron chi connectivity index (χ1n) is 9.02. The molecular weight excluding hydrogens is 391 g/mol. The Morgan fingerprint density at radius 3 is 2.69 bits per heavy atom. The van der Waals surface area contributed by atoms with Crippen LogP contribution < -0.4 is 10.1 Å². The largest absolute Gasteiger partial charge is 0.484 e. The smallest absolute Gasteiger partial charge is 0.263 e. The quantitative estimate of drug-likeness (QED) is 0.524. The topological polar surface area (TPSA) is 69.0 Å². The molecule has 0 aliphatic carbocycles. The van der Waals surface area contributed by atoms with E-state index in [1.165, 1.54) is 41.2 Å². The molecule has 0 aliphatic rings. The number of aromatic nitrogens is 3. The number of benzene rings is 2. The average molecular weight is 410 g/mol. The van der Waals surface area contributed by atoms with Crippen LogP contribution in [0.2, 0.25) is 0 Å². The highest BCUT2D eigenvalue weighted by Crippen LogP contribution is 2.30. The number of hydrogen-bond acceptors (Lipinski definition) is 5. The van der Waals surface area contributed by atoms with Crippen molar-refractivity contribution in [3.05, 3.63) is 65.1 Å². The molecule has 6 nitrogen and oxygen atoms in total. The third kappa shape index (κ3) is 4.12. The van der Waals surface area contributed by atoms with E-state index in [0.29, 0.717) is 16.7 Å². The third-order valence-electron chi connectivity index (χ3n) is 4.28. The number of rotatable bonds is 5. The molecule has 0 spiro atoms. The number of aryl methyl sites for hydroxylation is 3. The van der Waals surface area contributed by atoms with Gasteiger partial charge < -0.3 is 10.1 Å². The number of hydrogen-bond donors (Lipinski definition) is 1. The molecule has 2 aromatic carbocycles. The van der Waals surface area contributed by atoms with Crippen molar-refractivity contribution in [2.45, 2.75) is 20.8 Å². The van der Waals surface area contributed by atoms with E-state index in [-0.39, 0.29) is 18.3 Å². The van der Waals surface area contributed by atoms with E-state index in [1.807, 2.05) is 13.8 Å². The summed E-state index contributed by atoms with van der Waals surface area (Å²) in [5.41, 5.74) is 3.96. The summed E-state index contributed by atoms with van der Waals surface area (Å²) >= 11 is 1.52. The summed E-state index contributed by atoms with van der Waals surface area (Å²) in [7, 11) is 0. The Hall–Kier alpha value is -3.26. The lowest BCUT2D eigenvalue weighted by atomic mass is 10.1. The predicted octanol–water partition coefficient (Wildman–Crippen LogP) is 4.56. The molecule has 0 saturated carbocycles. The first kappa shape index (κ1) is 19.1. The van der Waals surface area contributed by atoms with Crippen molar-refractivity contribution in [2.24, 2.45) is 0 Å². The Bertz CT molecular complexity index is 1200. The van der Waals surface area contributed by atoms with Crippen molar-refractivity contribution in [3.63, 3.8) is 0 Å². The number of ether oxygens (including phenoxy) is 1. The molecule has 1 N–H and O–H groups in total. The van der Waals surface area contributed by atoms with E-state index in [2.05, 4.69) is 29.5 Å². The van der Waals surface area contributed by atoms with E-state index < -0.39 is 0 Å². The van der Waals surface area contributed by atoms with Crippen LogP contribution >= 0.6 is 11.3 Å². The molecule has 0 fully saturated rings. The van der Waals surface area contributed by atoms with Gasteiger partial charge in [-0.3, -0.25) is 4.79 Å². The van der Waals surface area contributed by atoms with Gasteiger partial charge in [0.1, 0.15) is 17.4 Å². The van der Waals surface area contributed by atoms with E-state index in [9.17, 15) is 9.18 Å². The van der Waals surface area contributed by atoms with E-state index in [4.69, 9.17) is 9.72 Å². The van der Waals surface area contributed by atoms with Crippen LogP contribution in [0.25, 0.3) is 15.3 Å². The molecule has 0 saturated heterocycles. The molecule has 8 heteroatoms. The number of anilines is 1. The first-order valence-corrected chi connectivity index (χ1v) is 9.84. The summed E-state index contributed by atoms with van der Waals surface area (Å²) in [6, 6.07) is 11.5. The third-order valence-corrected chi connectivity index (χ3v) is 5.26. The van der Waals surface area contributed by atoms with Crippen LogP contribution in [0.4, 0.5) is 10.2 Å². The van der Waals surface area contributed by atoms with Gasteiger partial charge in [0.2, 0.25) is 5.13 Å². The Morgan fingerprint density at radius 1 is 1.17 bits per heavy atom. The van der Waals surface area contributed by atoms with Crippen LogP contribution in [0, 0.1) is 26.6 Å². The van der Waals surface area contributed by atoms with Crippen molar-refractivity contribution in [3.8, 4) is 10.9 Å². The molecule has 0 radical (unpaired) electrons. The minimum atomic E-state index is -0.359. The zero-order valence-electron chi connectivity index (χ0n) is 16.2. The number of amides is 1. The van der Waals surface area contributed by atoms with Gasteiger partial charge in [0.25, 0.3) is 5.91 Å². The molecular formula is C21H19FN4O2S. The van der Waals surface area contributed by atoms with Crippen LogP contribution in [0.3, 0.4) is 0 Å². The molecule has 29 heavy (non-hydrogen) atoms. The number of thiazole rings is 1. The molecule has 148 valence electrons. The second kappa shape index (κ2) is 7.63. The van der Waals surface area contributed by atoms with Gasteiger partial charge in [0.15, 0.2) is 6.61 Å². The SMILES string of the molecule is Cc1cc(C)c2nc(-n3nc(C)cc3NC(=O)COc3ccc(F)cc3)sc2c1. The fourth-order valence-corrected chi connectivity index (χ4v) is 4.15. The van der Waals surface area contributed by atoms with E-state index in [0.717, 1.165) is 21.5 Å². The Balaban J connectivity index is 1.54. The van der Waals surface area contributed by atoms with Crippen molar-refractivity contribution >= 4 is 33.3 Å². The summed E-state index contributed by atoms with van der Waals surface area (Å²) in [4.78, 5) is 17.1. The van der Waals surface area contributed by atoms with Crippen LogP contribution in [0.15, 0.2) is 42.5 Å². The second-order valence-electron chi connectivity index (χ2n) is 6.80. The summed E-state index contributed by atoms with van der Waals surface area (Å²) in [5.74, 6) is 0.234. The van der Waals surface area contributed by atoms with Gasteiger partial charge in [-0.15, -0.1) is 0 Å². The van der Waals surface area contributed by atoms with Crippen molar-refractivity contribution in [2.75, 3.05) is 11.9 Å². The highest BCUT2D eigenvalue weighted by atomic mass is 32.1. The monoisotopic (exact) mass is 410 g/mol. The van der Waals surface area contributed by atoms with E-state index >= 15 is 0 Å². The average Bonchev–Trinajstić information content (AvgIpc) is 3.24. The minimum absolute atomic E-state index is 0.200. The van der Waals surface area contributed by atoms with Crippen LogP contribution in [-0.2, 0) is 4.79 Å². The number of halogens is 1. The van der Waals surface area contributed by atoms with Crippen LogP contribution in [0.1, 0.15) is 16.8 Å². The molecule has 0 atom stereocenters. The number of carbonyl (C=O) groups is 1. The summed E-state index contributed by atoms with van der Waals surface area (Å²) in [6.45, 7) is 5.73. The van der Waals surface area contributed by atoms with Gasteiger partial charge in [0, 0.05) is 6.07 Å². The second-order valence-corrected chi connectivity index (χ2v) is 7.81. The van der Waals surface area contributed by atoms with Crippen molar-refractivity contribution < 1.29 is 13.9 Å². The number of fused-ring (bicyclic) bond motifs is 1. The normalized spacial score (nSPS) is 11.0. The molecule has 0 aliphatic heterocycles. The zero-order chi connectivity index (χ0) is 20.5. The van der Waals surface area contributed by atoms with Crippen molar-refractivity contribution in [1.29, 1.82) is 0 Å². The fourth-order valence-electron chi connectivity index (χ4n) is 3.04. The number of nitrogens with zero attached hydrogens (tertiary/aromatic N) is 3. The lowest BCUT2D eigenvalue weighted by molar-refractivity contribution is -0.118. The van der Waals surface area contributed by atoms with Gasteiger partial charge in [-0.2, -0.15) is 9.78 Å². The Morgan fingerprint density at radius 2 is 1.93 bits per heavy atom. The maximum atomic E-state index is 13.0. The van der Waals surface area contributed by atoms with E-state index in [1.54, 1.807) is 10.7 Å². The molecule has 0 unspecified atom stereocenters. The van der Waals surface area contributed by atoms with Gasteiger partial charge in [-0.05, 0) is 62.2 Å². The van der Waals surface area contributed by atoms with Gasteiger partial charge in [-0.1, -0.05) is 17.4 Å². The molecule has 4 rings (SSSR count).